The third-order valence-electron chi connectivity index (χ3n) is 3.70. The molecule has 2 aromatic rings. The van der Waals surface area contributed by atoms with Crippen molar-refractivity contribution >= 4 is 21.4 Å². The molecule has 1 aliphatic heterocycles. The predicted octanol–water partition coefficient (Wildman–Crippen LogP) is 3.22. The van der Waals surface area contributed by atoms with Gasteiger partial charge in [0.15, 0.2) is 0 Å². The van der Waals surface area contributed by atoms with Crippen LogP contribution in [0.15, 0.2) is 24.3 Å². The highest BCUT2D eigenvalue weighted by Crippen LogP contribution is 2.32. The van der Waals surface area contributed by atoms with Crippen LogP contribution in [-0.4, -0.2) is 25.0 Å². The van der Waals surface area contributed by atoms with Crippen LogP contribution in [-0.2, 0) is 13.1 Å². The molecule has 1 saturated heterocycles. The van der Waals surface area contributed by atoms with E-state index in [9.17, 15) is 0 Å². The highest BCUT2D eigenvalue weighted by Gasteiger charge is 2.17. The van der Waals surface area contributed by atoms with E-state index in [2.05, 4.69) is 34.5 Å². The summed E-state index contributed by atoms with van der Waals surface area (Å²) in [5.41, 5.74) is 1.55. The molecule has 0 radical (unpaired) electrons. The van der Waals surface area contributed by atoms with Crippen LogP contribution in [0.3, 0.4) is 0 Å². The molecule has 0 spiro atoms. The normalized spacial score (nSPS) is 16.7. The predicted molar refractivity (Wildman–Crippen MR) is 79.1 cm³/mol. The van der Waals surface area contributed by atoms with Gasteiger partial charge < -0.3 is 5.32 Å². The molecule has 0 saturated carbocycles. The lowest BCUT2D eigenvalue weighted by atomic mass is 10.1. The van der Waals surface area contributed by atoms with Crippen LogP contribution in [0.4, 0.5) is 0 Å². The largest absolute Gasteiger partial charge is 0.315 e. The average Bonchev–Trinajstić information content (AvgIpc) is 3.00. The van der Waals surface area contributed by atoms with Gasteiger partial charge in [0.05, 0.1) is 0 Å². The summed E-state index contributed by atoms with van der Waals surface area (Å²) >= 11 is 1.94. The van der Waals surface area contributed by atoms with Crippen molar-refractivity contribution in [3.8, 4) is 0 Å². The maximum Gasteiger partial charge on any atom is 0.0349 e. The molecule has 0 amide bonds. The number of thiophene rings is 1. The fourth-order valence-electron chi connectivity index (χ4n) is 2.79. The number of likely N-dealkylation sites (tertiary alicyclic amines) is 1. The van der Waals surface area contributed by atoms with Crippen molar-refractivity contribution in [1.82, 2.24) is 10.2 Å². The van der Waals surface area contributed by atoms with Gasteiger partial charge in [-0.05, 0) is 50.0 Å². The molecule has 2 heterocycles. The molecular formula is C15H20N2S. The molecule has 3 rings (SSSR count). The summed E-state index contributed by atoms with van der Waals surface area (Å²) in [5, 5.41) is 4.76. The van der Waals surface area contributed by atoms with Gasteiger partial charge in [-0.25, -0.2) is 0 Å². The first kappa shape index (κ1) is 12.2. The Bertz CT molecular complexity index is 526. The minimum absolute atomic E-state index is 0.989. The van der Waals surface area contributed by atoms with E-state index >= 15 is 0 Å². The van der Waals surface area contributed by atoms with E-state index in [4.69, 9.17) is 0 Å². The minimum Gasteiger partial charge on any atom is -0.315 e. The van der Waals surface area contributed by atoms with Crippen LogP contribution in [0, 0.1) is 0 Å². The van der Waals surface area contributed by atoms with Crippen molar-refractivity contribution in [2.24, 2.45) is 0 Å². The topological polar surface area (TPSA) is 15.3 Å². The Balaban J connectivity index is 1.97. The van der Waals surface area contributed by atoms with Crippen LogP contribution >= 0.6 is 11.3 Å². The first-order chi connectivity index (χ1) is 8.88. The number of rotatable bonds is 4. The monoisotopic (exact) mass is 260 g/mol. The molecule has 1 aromatic heterocycles. The van der Waals surface area contributed by atoms with E-state index in [1.165, 1.54) is 40.9 Å². The summed E-state index contributed by atoms with van der Waals surface area (Å²) in [5.74, 6) is 0. The van der Waals surface area contributed by atoms with E-state index in [0.717, 1.165) is 13.1 Å². The first-order valence-corrected chi connectivity index (χ1v) is 7.56. The van der Waals surface area contributed by atoms with Gasteiger partial charge in [0.2, 0.25) is 0 Å². The molecule has 1 N–H and O–H groups in total. The van der Waals surface area contributed by atoms with Crippen LogP contribution in [0.5, 0.6) is 0 Å². The Morgan fingerprint density at radius 1 is 1.22 bits per heavy atom. The van der Waals surface area contributed by atoms with Crippen LogP contribution in [0.1, 0.15) is 23.3 Å². The molecule has 0 aliphatic carbocycles. The smallest absolute Gasteiger partial charge is 0.0349 e. The second-order valence-corrected chi connectivity index (χ2v) is 6.15. The van der Waals surface area contributed by atoms with Gasteiger partial charge in [-0.3, -0.25) is 4.90 Å². The van der Waals surface area contributed by atoms with Gasteiger partial charge in [0.1, 0.15) is 0 Å². The number of nitrogens with zero attached hydrogens (tertiary/aromatic N) is 1. The molecule has 0 bridgehead atoms. The molecule has 2 nitrogen and oxygen atoms in total. The van der Waals surface area contributed by atoms with E-state index in [1.807, 2.05) is 18.4 Å². The van der Waals surface area contributed by atoms with Crippen LogP contribution in [0.2, 0.25) is 0 Å². The van der Waals surface area contributed by atoms with Crippen molar-refractivity contribution < 1.29 is 0 Å². The Kier molecular flexibility index (Phi) is 3.64. The highest BCUT2D eigenvalue weighted by atomic mass is 32.1. The Labute approximate surface area is 113 Å². The van der Waals surface area contributed by atoms with Gasteiger partial charge in [-0.1, -0.05) is 18.2 Å². The summed E-state index contributed by atoms with van der Waals surface area (Å²) in [4.78, 5) is 4.10. The zero-order valence-electron chi connectivity index (χ0n) is 10.9. The minimum atomic E-state index is 0.989. The van der Waals surface area contributed by atoms with Crippen molar-refractivity contribution in [3.63, 3.8) is 0 Å². The molecular weight excluding hydrogens is 240 g/mol. The van der Waals surface area contributed by atoms with E-state index in [0.29, 0.717) is 0 Å². The zero-order valence-corrected chi connectivity index (χ0v) is 11.7. The van der Waals surface area contributed by atoms with Crippen LogP contribution in [0.25, 0.3) is 10.1 Å². The fourth-order valence-corrected chi connectivity index (χ4v) is 4.02. The second kappa shape index (κ2) is 5.39. The second-order valence-electron chi connectivity index (χ2n) is 5.01. The maximum absolute atomic E-state index is 3.30. The lowest BCUT2D eigenvalue weighted by Gasteiger charge is -2.15. The molecule has 18 heavy (non-hydrogen) atoms. The maximum atomic E-state index is 3.30. The quantitative estimate of drug-likeness (QED) is 0.908. The number of hydrogen-bond donors (Lipinski definition) is 1. The van der Waals surface area contributed by atoms with E-state index < -0.39 is 0 Å². The Morgan fingerprint density at radius 2 is 2.00 bits per heavy atom. The Morgan fingerprint density at radius 3 is 2.78 bits per heavy atom. The summed E-state index contributed by atoms with van der Waals surface area (Å²) in [6, 6.07) is 8.82. The number of benzene rings is 1. The van der Waals surface area contributed by atoms with Crippen molar-refractivity contribution in [1.29, 1.82) is 0 Å². The molecule has 96 valence electrons. The SMILES string of the molecule is CNCc1sc2ccccc2c1CN1CCCC1. The highest BCUT2D eigenvalue weighted by molar-refractivity contribution is 7.19. The lowest BCUT2D eigenvalue weighted by Crippen LogP contribution is -2.19. The fraction of sp³-hybridized carbons (Fsp3) is 0.467. The average molecular weight is 260 g/mol. The number of hydrogen-bond acceptors (Lipinski definition) is 3. The van der Waals surface area contributed by atoms with Crippen LogP contribution < -0.4 is 5.32 Å². The van der Waals surface area contributed by atoms with Gasteiger partial charge >= 0.3 is 0 Å². The standard InChI is InChI=1S/C15H20N2S/c1-16-10-15-13(11-17-8-4-5-9-17)12-6-2-3-7-14(12)18-15/h2-3,6-7,16H,4-5,8-11H2,1H3. The molecule has 0 unspecified atom stereocenters. The number of nitrogens with one attached hydrogen (secondary N) is 1. The van der Waals surface area contributed by atoms with Gasteiger partial charge in [-0.2, -0.15) is 0 Å². The van der Waals surface area contributed by atoms with E-state index in [-0.39, 0.29) is 0 Å². The molecule has 1 aromatic carbocycles. The summed E-state index contributed by atoms with van der Waals surface area (Å²) < 4.78 is 1.43. The molecule has 3 heteroatoms. The van der Waals surface area contributed by atoms with E-state index in [1.54, 1.807) is 5.56 Å². The third-order valence-corrected chi connectivity index (χ3v) is 4.91. The van der Waals surface area contributed by atoms with Gasteiger partial charge in [0, 0.05) is 22.7 Å². The lowest BCUT2D eigenvalue weighted by molar-refractivity contribution is 0.332. The van der Waals surface area contributed by atoms with Gasteiger partial charge in [-0.15, -0.1) is 11.3 Å². The Hall–Kier alpha value is -0.900. The summed E-state index contributed by atoms with van der Waals surface area (Å²) in [6.45, 7) is 4.65. The summed E-state index contributed by atoms with van der Waals surface area (Å²) in [7, 11) is 2.03. The zero-order chi connectivity index (χ0) is 12.4. The van der Waals surface area contributed by atoms with Crippen molar-refractivity contribution in [2.75, 3.05) is 20.1 Å². The first-order valence-electron chi connectivity index (χ1n) is 6.74. The molecule has 0 atom stereocenters. The molecule has 1 aliphatic rings. The third kappa shape index (κ3) is 2.30. The molecule has 1 fully saturated rings. The number of fused-ring (bicyclic) bond motifs is 1. The van der Waals surface area contributed by atoms with Gasteiger partial charge in [0.25, 0.3) is 0 Å². The summed E-state index contributed by atoms with van der Waals surface area (Å²) in [6.07, 6.45) is 2.73. The van der Waals surface area contributed by atoms with Crippen molar-refractivity contribution in [2.45, 2.75) is 25.9 Å². The van der Waals surface area contributed by atoms with Crippen molar-refractivity contribution in [3.05, 3.63) is 34.7 Å².